The molecule has 2 aromatic carbocycles. The molecule has 0 N–H and O–H groups in total. The number of nitroso groups, excluding NO2 is 1. The number of hydrogen-bond donors (Lipinski definition) is 0. The standard InChI is InChI=1S/C16H18N2O2/c1-18(17-19)12-13-20-16(14-8-4-2-5-9-14)15-10-6-3-7-11-15/h2-11,16H,12-13H2,1H3/i1D3. The zero-order valence-corrected chi connectivity index (χ0v) is 11.0. The van der Waals surface area contributed by atoms with Gasteiger partial charge >= 0.3 is 0 Å². The largest absolute Gasteiger partial charge is 0.367 e. The lowest BCUT2D eigenvalue weighted by molar-refractivity contribution is 0.0650. The second kappa shape index (κ2) is 7.40. The van der Waals surface area contributed by atoms with Gasteiger partial charge in [-0.15, -0.1) is 4.91 Å². The van der Waals surface area contributed by atoms with Crippen molar-refractivity contribution < 1.29 is 8.85 Å². The average Bonchev–Trinajstić information content (AvgIpc) is 2.55. The van der Waals surface area contributed by atoms with E-state index in [4.69, 9.17) is 8.85 Å². The lowest BCUT2D eigenvalue weighted by Gasteiger charge is -2.20. The summed E-state index contributed by atoms with van der Waals surface area (Å²) in [5, 5.41) is 3.06. The van der Waals surface area contributed by atoms with Crippen LogP contribution in [0.5, 0.6) is 0 Å². The van der Waals surface area contributed by atoms with Crippen LogP contribution in [0, 0.1) is 4.91 Å². The van der Waals surface area contributed by atoms with Crippen molar-refractivity contribution in [2.24, 2.45) is 5.29 Å². The summed E-state index contributed by atoms with van der Waals surface area (Å²) in [5.41, 5.74) is 1.91. The number of nitrogens with zero attached hydrogens (tertiary/aromatic N) is 2. The molecule has 104 valence electrons. The van der Waals surface area contributed by atoms with Crippen molar-refractivity contribution in [3.63, 3.8) is 0 Å². The molecule has 0 atom stereocenters. The predicted molar refractivity (Wildman–Crippen MR) is 79.1 cm³/mol. The van der Waals surface area contributed by atoms with Crippen LogP contribution in [0.1, 0.15) is 21.3 Å². The molecule has 0 heterocycles. The number of benzene rings is 2. The molecule has 0 spiro atoms. The Morgan fingerprint density at radius 2 is 1.65 bits per heavy atom. The maximum atomic E-state index is 10.6. The highest BCUT2D eigenvalue weighted by atomic mass is 16.5. The Morgan fingerprint density at radius 1 is 1.10 bits per heavy atom. The fourth-order valence-corrected chi connectivity index (χ4v) is 1.94. The summed E-state index contributed by atoms with van der Waals surface area (Å²) < 4.78 is 27.5. The monoisotopic (exact) mass is 273 g/mol. The number of hydrogen-bond acceptors (Lipinski definition) is 3. The molecular formula is C16H18N2O2. The van der Waals surface area contributed by atoms with Crippen molar-refractivity contribution in [2.45, 2.75) is 6.10 Å². The van der Waals surface area contributed by atoms with Crippen LogP contribution >= 0.6 is 0 Å². The van der Waals surface area contributed by atoms with E-state index in [0.29, 0.717) is 5.01 Å². The molecule has 0 saturated carbocycles. The highest BCUT2D eigenvalue weighted by Gasteiger charge is 2.14. The molecule has 0 fully saturated rings. The molecular weight excluding hydrogens is 252 g/mol. The summed E-state index contributed by atoms with van der Waals surface area (Å²) in [6.45, 7) is -2.59. The van der Waals surface area contributed by atoms with E-state index < -0.39 is 6.98 Å². The SMILES string of the molecule is [2H]C([2H])([2H])N(CCOC(c1ccccc1)c1ccccc1)N=O. The molecule has 0 aliphatic rings. The van der Waals surface area contributed by atoms with E-state index in [2.05, 4.69) is 5.29 Å². The minimum atomic E-state index is -2.56. The molecule has 20 heavy (non-hydrogen) atoms. The fourth-order valence-electron chi connectivity index (χ4n) is 1.94. The van der Waals surface area contributed by atoms with Gasteiger partial charge in [0.15, 0.2) is 0 Å². The molecule has 0 aromatic heterocycles. The third-order valence-corrected chi connectivity index (χ3v) is 2.89. The normalized spacial score (nSPS) is 13.3. The summed E-state index contributed by atoms with van der Waals surface area (Å²) in [4.78, 5) is 10.6. The predicted octanol–water partition coefficient (Wildman–Crippen LogP) is 3.41. The highest BCUT2D eigenvalue weighted by Crippen LogP contribution is 2.25. The van der Waals surface area contributed by atoms with E-state index in [1.807, 2.05) is 60.7 Å². The van der Waals surface area contributed by atoms with Gasteiger partial charge in [-0.1, -0.05) is 60.7 Å². The summed E-state index contributed by atoms with van der Waals surface area (Å²) >= 11 is 0. The van der Waals surface area contributed by atoms with Gasteiger partial charge in [-0.3, -0.25) is 5.01 Å². The van der Waals surface area contributed by atoms with E-state index in [-0.39, 0.29) is 19.3 Å². The first-order valence-corrected chi connectivity index (χ1v) is 6.35. The van der Waals surface area contributed by atoms with Gasteiger partial charge in [-0.2, -0.15) is 0 Å². The second-order valence-corrected chi connectivity index (χ2v) is 4.28. The minimum absolute atomic E-state index is 0.0680. The van der Waals surface area contributed by atoms with Gasteiger partial charge in [-0.05, 0) is 11.1 Å². The molecule has 0 saturated heterocycles. The van der Waals surface area contributed by atoms with Crippen molar-refractivity contribution in [2.75, 3.05) is 20.1 Å². The fraction of sp³-hybridized carbons (Fsp3) is 0.250. The van der Waals surface area contributed by atoms with Crippen LogP contribution < -0.4 is 0 Å². The first-order valence-electron chi connectivity index (χ1n) is 7.85. The van der Waals surface area contributed by atoms with Gasteiger partial charge in [0.1, 0.15) is 6.10 Å². The van der Waals surface area contributed by atoms with Crippen molar-refractivity contribution in [1.29, 1.82) is 0 Å². The number of ether oxygens (including phenoxy) is 1. The molecule has 0 unspecified atom stereocenters. The molecule has 0 aliphatic carbocycles. The summed E-state index contributed by atoms with van der Waals surface area (Å²) in [7, 11) is 0. The van der Waals surface area contributed by atoms with Gasteiger partial charge in [0.25, 0.3) is 0 Å². The van der Waals surface area contributed by atoms with Crippen LogP contribution in [0.2, 0.25) is 0 Å². The molecule has 0 amide bonds. The van der Waals surface area contributed by atoms with Gasteiger partial charge in [-0.25, -0.2) is 0 Å². The van der Waals surface area contributed by atoms with Crippen LogP contribution in [-0.2, 0) is 4.74 Å². The topological polar surface area (TPSA) is 41.9 Å². The van der Waals surface area contributed by atoms with Crippen LogP contribution in [0.25, 0.3) is 0 Å². The Morgan fingerprint density at radius 3 is 2.10 bits per heavy atom. The molecule has 4 nitrogen and oxygen atoms in total. The van der Waals surface area contributed by atoms with E-state index in [1.165, 1.54) is 0 Å². The van der Waals surface area contributed by atoms with Crippen molar-refractivity contribution in [3.8, 4) is 0 Å². The van der Waals surface area contributed by atoms with Crippen LogP contribution in [0.4, 0.5) is 0 Å². The van der Waals surface area contributed by atoms with Crippen LogP contribution in [-0.4, -0.2) is 25.1 Å². The first kappa shape index (κ1) is 10.6. The lowest BCUT2D eigenvalue weighted by atomic mass is 10.0. The van der Waals surface area contributed by atoms with E-state index in [0.717, 1.165) is 11.1 Å². The summed E-state index contributed by atoms with van der Waals surface area (Å²) in [6, 6.07) is 19.2. The summed E-state index contributed by atoms with van der Waals surface area (Å²) in [6.07, 6.45) is -0.331. The molecule has 0 aliphatic heterocycles. The third kappa shape index (κ3) is 3.90. The van der Waals surface area contributed by atoms with E-state index >= 15 is 0 Å². The second-order valence-electron chi connectivity index (χ2n) is 4.28. The Hall–Kier alpha value is -2.20. The summed E-state index contributed by atoms with van der Waals surface area (Å²) in [5.74, 6) is 0. The molecule has 2 rings (SSSR count). The van der Waals surface area contributed by atoms with Crippen LogP contribution in [0.3, 0.4) is 0 Å². The Kier molecular flexibility index (Phi) is 3.91. The molecule has 2 aromatic rings. The lowest BCUT2D eigenvalue weighted by Crippen LogP contribution is -2.19. The zero-order valence-electron chi connectivity index (χ0n) is 14.0. The molecule has 0 radical (unpaired) electrons. The van der Waals surface area contributed by atoms with Gasteiger partial charge in [0, 0.05) is 11.1 Å². The van der Waals surface area contributed by atoms with Crippen molar-refractivity contribution >= 4 is 0 Å². The maximum absolute atomic E-state index is 10.6. The molecule has 0 bridgehead atoms. The van der Waals surface area contributed by atoms with Crippen LogP contribution in [0.15, 0.2) is 65.9 Å². The average molecular weight is 273 g/mol. The van der Waals surface area contributed by atoms with E-state index in [9.17, 15) is 4.91 Å². The highest BCUT2D eigenvalue weighted by molar-refractivity contribution is 5.29. The van der Waals surface area contributed by atoms with Crippen molar-refractivity contribution in [3.05, 3.63) is 76.7 Å². The Bertz CT molecular complexity index is 566. The zero-order chi connectivity index (χ0) is 16.7. The third-order valence-electron chi connectivity index (χ3n) is 2.89. The number of rotatable bonds is 7. The van der Waals surface area contributed by atoms with Gasteiger partial charge in [0.2, 0.25) is 0 Å². The maximum Gasteiger partial charge on any atom is 0.108 e. The van der Waals surface area contributed by atoms with Gasteiger partial charge in [0.05, 0.1) is 18.4 Å². The smallest absolute Gasteiger partial charge is 0.108 e. The quantitative estimate of drug-likeness (QED) is 0.573. The van der Waals surface area contributed by atoms with Gasteiger partial charge < -0.3 is 4.74 Å². The minimum Gasteiger partial charge on any atom is -0.367 e. The Balaban J connectivity index is 2.09. The first-order chi connectivity index (χ1) is 11.0. The Labute approximate surface area is 123 Å². The number of likely N-dealkylation sites (N-methyl/N-ethyl adjacent to an activating group) is 1. The molecule has 4 heteroatoms. The van der Waals surface area contributed by atoms with Crippen molar-refractivity contribution in [1.82, 2.24) is 5.01 Å². The van der Waals surface area contributed by atoms with E-state index in [1.54, 1.807) is 0 Å².